The van der Waals surface area contributed by atoms with Crippen LogP contribution in [0.1, 0.15) is 12.6 Å². The van der Waals surface area contributed by atoms with Crippen molar-refractivity contribution < 1.29 is 4.79 Å². The first kappa shape index (κ1) is 10.9. The second-order valence-corrected chi connectivity index (χ2v) is 4.04. The van der Waals surface area contributed by atoms with Gasteiger partial charge in [-0.1, -0.05) is 18.2 Å². The Balaban J connectivity index is 2.24. The van der Waals surface area contributed by atoms with E-state index in [1.54, 1.807) is 6.92 Å². The molecule has 0 amide bonds. The van der Waals surface area contributed by atoms with Crippen LogP contribution in [-0.2, 0) is 11.2 Å². The number of para-hydroxylation sites is 1. The molecule has 1 aromatic heterocycles. The van der Waals surface area contributed by atoms with Crippen molar-refractivity contribution in [2.24, 2.45) is 0 Å². The summed E-state index contributed by atoms with van der Waals surface area (Å²) in [6.45, 7) is 1.61. The van der Waals surface area contributed by atoms with Crippen molar-refractivity contribution >= 4 is 16.7 Å². The van der Waals surface area contributed by atoms with Gasteiger partial charge in [0.2, 0.25) is 0 Å². The van der Waals surface area contributed by atoms with Crippen LogP contribution in [0.25, 0.3) is 10.9 Å². The Morgan fingerprint density at radius 2 is 2.19 bits per heavy atom. The van der Waals surface area contributed by atoms with Gasteiger partial charge in [0.25, 0.3) is 0 Å². The molecule has 2 aromatic rings. The molecule has 0 saturated carbocycles. The van der Waals surface area contributed by atoms with E-state index in [0.717, 1.165) is 11.2 Å². The number of nitrogens with one attached hydrogen (secondary N) is 2. The van der Waals surface area contributed by atoms with E-state index in [4.69, 9.17) is 0 Å². The number of likely N-dealkylation sites (N-methyl/N-ethyl adjacent to an activating group) is 1. The normalized spacial score (nSPS) is 12.9. The first-order valence-electron chi connectivity index (χ1n) is 5.45. The Kier molecular flexibility index (Phi) is 3.06. The molecule has 0 aliphatic rings. The van der Waals surface area contributed by atoms with Gasteiger partial charge in [0.1, 0.15) is 5.78 Å². The molecule has 3 nitrogen and oxygen atoms in total. The van der Waals surface area contributed by atoms with E-state index < -0.39 is 0 Å². The second kappa shape index (κ2) is 4.49. The lowest BCUT2D eigenvalue weighted by Crippen LogP contribution is -2.34. The Bertz CT molecular complexity index is 468. The zero-order chi connectivity index (χ0) is 11.5. The number of hydrogen-bond acceptors (Lipinski definition) is 2. The van der Waals surface area contributed by atoms with Gasteiger partial charge < -0.3 is 10.3 Å². The zero-order valence-corrected chi connectivity index (χ0v) is 9.58. The zero-order valence-electron chi connectivity index (χ0n) is 9.58. The fraction of sp³-hybridized carbons (Fsp3) is 0.308. The maximum Gasteiger partial charge on any atom is 0.147 e. The molecule has 0 spiro atoms. The summed E-state index contributed by atoms with van der Waals surface area (Å²) in [5.74, 6) is 0.168. The fourth-order valence-electron chi connectivity index (χ4n) is 1.91. The van der Waals surface area contributed by atoms with Gasteiger partial charge in [-0.05, 0) is 31.5 Å². The predicted octanol–water partition coefficient (Wildman–Crippen LogP) is 1.89. The van der Waals surface area contributed by atoms with E-state index >= 15 is 0 Å². The molecule has 3 heteroatoms. The monoisotopic (exact) mass is 216 g/mol. The topological polar surface area (TPSA) is 44.9 Å². The number of hydrogen-bond donors (Lipinski definition) is 2. The van der Waals surface area contributed by atoms with E-state index in [-0.39, 0.29) is 11.8 Å². The lowest BCUT2D eigenvalue weighted by Gasteiger charge is -2.10. The molecule has 84 valence electrons. The molecule has 1 aromatic carbocycles. The summed E-state index contributed by atoms with van der Waals surface area (Å²) in [6.07, 6.45) is 0.709. The third-order valence-electron chi connectivity index (χ3n) is 2.85. The average molecular weight is 216 g/mol. The minimum atomic E-state index is -0.104. The molecular formula is C13H16N2O. The summed E-state index contributed by atoms with van der Waals surface area (Å²) in [7, 11) is 1.81. The number of Topliss-reactive ketones (excluding diaryl/α,β-unsaturated/α-hetero) is 1. The molecule has 0 aliphatic carbocycles. The molecular weight excluding hydrogens is 200 g/mol. The molecule has 0 radical (unpaired) electrons. The molecule has 2 rings (SSSR count). The number of carbonyl (C=O) groups excluding carboxylic acids is 1. The Morgan fingerprint density at radius 3 is 2.81 bits per heavy atom. The molecule has 16 heavy (non-hydrogen) atoms. The van der Waals surface area contributed by atoms with Crippen LogP contribution in [0.3, 0.4) is 0 Å². The van der Waals surface area contributed by atoms with Crippen molar-refractivity contribution in [1.82, 2.24) is 10.3 Å². The lowest BCUT2D eigenvalue weighted by atomic mass is 10.1. The van der Waals surface area contributed by atoms with Crippen LogP contribution in [0.15, 0.2) is 30.3 Å². The van der Waals surface area contributed by atoms with Gasteiger partial charge in [-0.25, -0.2) is 0 Å². The molecule has 1 atom stereocenters. The molecule has 2 N–H and O–H groups in total. The van der Waals surface area contributed by atoms with Gasteiger partial charge in [-0.2, -0.15) is 0 Å². The number of benzene rings is 1. The third kappa shape index (κ3) is 2.14. The predicted molar refractivity (Wildman–Crippen MR) is 65.5 cm³/mol. The Hall–Kier alpha value is -1.61. The minimum absolute atomic E-state index is 0.104. The standard InChI is InChI=1S/C13H16N2O/c1-9(16)13(14-2)8-11-7-10-5-3-4-6-12(10)15-11/h3-7,13-15H,8H2,1-2H3. The molecule has 1 heterocycles. The molecule has 0 bridgehead atoms. The van der Waals surface area contributed by atoms with Gasteiger partial charge in [0.05, 0.1) is 6.04 Å². The first-order chi connectivity index (χ1) is 7.70. The summed E-state index contributed by atoms with van der Waals surface area (Å²) in [5.41, 5.74) is 2.21. The van der Waals surface area contributed by atoms with E-state index in [0.29, 0.717) is 6.42 Å². The highest BCUT2D eigenvalue weighted by atomic mass is 16.1. The van der Waals surface area contributed by atoms with Crippen LogP contribution in [0.2, 0.25) is 0 Å². The highest BCUT2D eigenvalue weighted by Crippen LogP contribution is 2.15. The largest absolute Gasteiger partial charge is 0.358 e. The molecule has 0 fully saturated rings. The van der Waals surface area contributed by atoms with Crippen LogP contribution in [-0.4, -0.2) is 23.9 Å². The van der Waals surface area contributed by atoms with Gasteiger partial charge >= 0.3 is 0 Å². The van der Waals surface area contributed by atoms with Crippen molar-refractivity contribution in [3.63, 3.8) is 0 Å². The lowest BCUT2D eigenvalue weighted by molar-refractivity contribution is -0.118. The summed E-state index contributed by atoms with van der Waals surface area (Å²) < 4.78 is 0. The van der Waals surface area contributed by atoms with Crippen LogP contribution < -0.4 is 5.32 Å². The van der Waals surface area contributed by atoms with Crippen molar-refractivity contribution in [1.29, 1.82) is 0 Å². The number of carbonyl (C=O) groups is 1. The molecule has 0 aliphatic heterocycles. The van der Waals surface area contributed by atoms with Crippen LogP contribution in [0.4, 0.5) is 0 Å². The first-order valence-corrected chi connectivity index (χ1v) is 5.45. The van der Waals surface area contributed by atoms with E-state index in [1.807, 2.05) is 25.2 Å². The number of ketones is 1. The van der Waals surface area contributed by atoms with Gasteiger partial charge in [-0.3, -0.25) is 4.79 Å². The van der Waals surface area contributed by atoms with Gasteiger partial charge in [0, 0.05) is 17.6 Å². The van der Waals surface area contributed by atoms with Crippen LogP contribution in [0.5, 0.6) is 0 Å². The second-order valence-electron chi connectivity index (χ2n) is 4.04. The third-order valence-corrected chi connectivity index (χ3v) is 2.85. The average Bonchev–Trinajstić information content (AvgIpc) is 2.67. The number of aromatic amines is 1. The quantitative estimate of drug-likeness (QED) is 0.819. The fourth-order valence-corrected chi connectivity index (χ4v) is 1.91. The summed E-state index contributed by atoms with van der Waals surface area (Å²) in [6, 6.07) is 10.1. The van der Waals surface area contributed by atoms with Gasteiger partial charge in [0.15, 0.2) is 0 Å². The Labute approximate surface area is 94.9 Å². The maximum absolute atomic E-state index is 11.3. The smallest absolute Gasteiger partial charge is 0.147 e. The summed E-state index contributed by atoms with van der Waals surface area (Å²) >= 11 is 0. The molecule has 0 saturated heterocycles. The maximum atomic E-state index is 11.3. The van der Waals surface area contributed by atoms with Crippen molar-refractivity contribution in [3.05, 3.63) is 36.0 Å². The summed E-state index contributed by atoms with van der Waals surface area (Å²) in [5, 5.41) is 4.22. The van der Waals surface area contributed by atoms with E-state index in [2.05, 4.69) is 22.4 Å². The van der Waals surface area contributed by atoms with E-state index in [9.17, 15) is 4.79 Å². The van der Waals surface area contributed by atoms with Crippen LogP contribution >= 0.6 is 0 Å². The Morgan fingerprint density at radius 1 is 1.44 bits per heavy atom. The number of aromatic nitrogens is 1. The number of fused-ring (bicyclic) bond motifs is 1. The van der Waals surface area contributed by atoms with Crippen LogP contribution in [0, 0.1) is 0 Å². The summed E-state index contributed by atoms with van der Waals surface area (Å²) in [4.78, 5) is 14.6. The highest BCUT2D eigenvalue weighted by Gasteiger charge is 2.13. The number of rotatable bonds is 4. The van der Waals surface area contributed by atoms with Crippen molar-refractivity contribution in [2.75, 3.05) is 7.05 Å². The number of H-pyrrole nitrogens is 1. The molecule has 1 unspecified atom stereocenters. The minimum Gasteiger partial charge on any atom is -0.358 e. The highest BCUT2D eigenvalue weighted by molar-refractivity contribution is 5.83. The SMILES string of the molecule is CNC(Cc1cc2ccccc2[nH]1)C(C)=O. The van der Waals surface area contributed by atoms with Crippen molar-refractivity contribution in [2.45, 2.75) is 19.4 Å². The van der Waals surface area contributed by atoms with E-state index in [1.165, 1.54) is 5.39 Å². The van der Waals surface area contributed by atoms with Gasteiger partial charge in [-0.15, -0.1) is 0 Å². The van der Waals surface area contributed by atoms with Crippen molar-refractivity contribution in [3.8, 4) is 0 Å².